The lowest BCUT2D eigenvalue weighted by atomic mass is 10.0. The van der Waals surface area contributed by atoms with Crippen molar-refractivity contribution in [3.05, 3.63) is 42.4 Å². The molecule has 2 aromatic rings. The zero-order valence-corrected chi connectivity index (χ0v) is 21.2. The Morgan fingerprint density at radius 3 is 2.64 bits per heavy atom. The van der Waals surface area contributed by atoms with E-state index < -0.39 is 11.7 Å². The summed E-state index contributed by atoms with van der Waals surface area (Å²) in [6, 6.07) is 4.84. The Morgan fingerprint density at radius 1 is 1.19 bits per heavy atom. The summed E-state index contributed by atoms with van der Waals surface area (Å²) < 4.78 is 41.2. The third kappa shape index (κ3) is 6.38. The van der Waals surface area contributed by atoms with Gasteiger partial charge in [-0.2, -0.15) is 18.3 Å². The number of rotatable bonds is 9. The number of halogens is 3. The molecule has 1 saturated heterocycles. The Hall–Kier alpha value is -2.62. The van der Waals surface area contributed by atoms with Crippen molar-refractivity contribution in [2.75, 3.05) is 37.6 Å². The first-order valence-corrected chi connectivity index (χ1v) is 13.1. The maximum Gasteiger partial charge on any atom is 0.416 e. The molecule has 0 aromatic carbocycles. The van der Waals surface area contributed by atoms with Crippen LogP contribution < -0.4 is 4.90 Å². The number of piperazine rings is 1. The maximum atomic E-state index is 13.3. The van der Waals surface area contributed by atoms with Crippen LogP contribution in [0.4, 0.5) is 19.0 Å². The maximum absolute atomic E-state index is 13.3. The fraction of sp³-hybridized carbons (Fsp3) is 0.654. The molecular formula is C26H37F3N6O. The van der Waals surface area contributed by atoms with E-state index in [9.17, 15) is 18.0 Å². The molecule has 3 heterocycles. The lowest BCUT2D eigenvalue weighted by molar-refractivity contribution is -0.137. The molecule has 2 aliphatic rings. The molecule has 10 heteroatoms. The van der Waals surface area contributed by atoms with Crippen LogP contribution in [-0.2, 0) is 17.5 Å². The van der Waals surface area contributed by atoms with Gasteiger partial charge in [0.05, 0.1) is 5.56 Å². The summed E-state index contributed by atoms with van der Waals surface area (Å²) in [6.07, 6.45) is 5.49. The molecule has 7 nitrogen and oxygen atoms in total. The van der Waals surface area contributed by atoms with Crippen molar-refractivity contribution < 1.29 is 18.0 Å². The summed E-state index contributed by atoms with van der Waals surface area (Å²) in [5.41, 5.74) is -0.696. The van der Waals surface area contributed by atoms with Gasteiger partial charge in [0.1, 0.15) is 5.82 Å². The lowest BCUT2D eigenvalue weighted by Gasteiger charge is -2.37. The van der Waals surface area contributed by atoms with E-state index in [1.807, 2.05) is 26.7 Å². The number of amides is 1. The third-order valence-corrected chi connectivity index (χ3v) is 7.59. The largest absolute Gasteiger partial charge is 0.416 e. The fourth-order valence-corrected chi connectivity index (χ4v) is 5.60. The summed E-state index contributed by atoms with van der Waals surface area (Å²) in [7, 11) is 0. The molecule has 0 bridgehead atoms. The van der Waals surface area contributed by atoms with Crippen molar-refractivity contribution in [3.8, 4) is 0 Å². The first-order chi connectivity index (χ1) is 17.3. The quantitative estimate of drug-likeness (QED) is 0.508. The summed E-state index contributed by atoms with van der Waals surface area (Å²) in [5.74, 6) is 0.526. The van der Waals surface area contributed by atoms with E-state index in [0.29, 0.717) is 44.1 Å². The van der Waals surface area contributed by atoms with Crippen LogP contribution in [0.1, 0.15) is 51.5 Å². The SMILES string of the molecule is CCCN(C(C)CCn1cccn1)C1CCC(C(=O)N2CCN(c3cc(C(F)(F)F)ccn3)CC2)C1. The number of anilines is 1. The van der Waals surface area contributed by atoms with Gasteiger partial charge in [-0.1, -0.05) is 6.92 Å². The average molecular weight is 507 g/mol. The van der Waals surface area contributed by atoms with Gasteiger partial charge in [-0.3, -0.25) is 14.4 Å². The second kappa shape index (κ2) is 11.6. The zero-order valence-electron chi connectivity index (χ0n) is 21.2. The monoisotopic (exact) mass is 506 g/mol. The van der Waals surface area contributed by atoms with Crippen molar-refractivity contribution in [2.24, 2.45) is 5.92 Å². The van der Waals surface area contributed by atoms with Crippen LogP contribution in [0, 0.1) is 5.92 Å². The average Bonchev–Trinajstić information content (AvgIpc) is 3.58. The lowest BCUT2D eigenvalue weighted by Crippen LogP contribution is -2.50. The van der Waals surface area contributed by atoms with Crippen molar-refractivity contribution >= 4 is 11.7 Å². The highest BCUT2D eigenvalue weighted by Gasteiger charge is 2.37. The Labute approximate surface area is 211 Å². The van der Waals surface area contributed by atoms with Crippen LogP contribution in [0.25, 0.3) is 0 Å². The Balaban J connectivity index is 1.29. The molecule has 4 rings (SSSR count). The first-order valence-electron chi connectivity index (χ1n) is 13.1. The first kappa shape index (κ1) is 26.4. The van der Waals surface area contributed by atoms with Crippen LogP contribution in [0.15, 0.2) is 36.8 Å². The summed E-state index contributed by atoms with van der Waals surface area (Å²) >= 11 is 0. The number of alkyl halides is 3. The molecule has 1 saturated carbocycles. The minimum absolute atomic E-state index is 0.0194. The molecule has 2 aromatic heterocycles. The second-order valence-corrected chi connectivity index (χ2v) is 10.0. The fourth-order valence-electron chi connectivity index (χ4n) is 5.60. The predicted molar refractivity (Wildman–Crippen MR) is 132 cm³/mol. The van der Waals surface area contributed by atoms with Crippen LogP contribution in [-0.4, -0.2) is 75.3 Å². The summed E-state index contributed by atoms with van der Waals surface area (Å²) in [5, 5.41) is 4.31. The highest BCUT2D eigenvalue weighted by molar-refractivity contribution is 5.79. The Morgan fingerprint density at radius 2 is 1.97 bits per heavy atom. The van der Waals surface area contributed by atoms with Gasteiger partial charge in [0.2, 0.25) is 5.91 Å². The topological polar surface area (TPSA) is 57.5 Å². The van der Waals surface area contributed by atoms with E-state index in [-0.39, 0.29) is 11.8 Å². The Bertz CT molecular complexity index is 974. The normalized spacial score (nSPS) is 21.8. The van der Waals surface area contributed by atoms with Crippen LogP contribution in [0.5, 0.6) is 0 Å². The molecule has 36 heavy (non-hydrogen) atoms. The molecular weight excluding hydrogens is 469 g/mol. The van der Waals surface area contributed by atoms with Gasteiger partial charge < -0.3 is 9.80 Å². The van der Waals surface area contributed by atoms with Gasteiger partial charge in [-0.25, -0.2) is 4.98 Å². The van der Waals surface area contributed by atoms with Gasteiger partial charge in [-0.15, -0.1) is 0 Å². The number of aromatic nitrogens is 3. The second-order valence-electron chi connectivity index (χ2n) is 10.0. The molecule has 3 unspecified atom stereocenters. The van der Waals surface area contributed by atoms with Crippen molar-refractivity contribution in [2.45, 2.75) is 70.8 Å². The van der Waals surface area contributed by atoms with E-state index in [4.69, 9.17) is 0 Å². The van der Waals surface area contributed by atoms with E-state index in [0.717, 1.165) is 57.3 Å². The Kier molecular flexibility index (Phi) is 8.54. The molecule has 1 aliphatic carbocycles. The number of nitrogens with zero attached hydrogens (tertiary/aromatic N) is 6. The number of hydrogen-bond acceptors (Lipinski definition) is 5. The zero-order chi connectivity index (χ0) is 25.7. The van der Waals surface area contributed by atoms with Gasteiger partial charge in [0, 0.05) is 69.3 Å². The molecule has 0 spiro atoms. The smallest absolute Gasteiger partial charge is 0.353 e. The van der Waals surface area contributed by atoms with Crippen LogP contribution >= 0.6 is 0 Å². The molecule has 3 atom stereocenters. The highest BCUT2D eigenvalue weighted by Crippen LogP contribution is 2.34. The van der Waals surface area contributed by atoms with Crippen molar-refractivity contribution in [1.82, 2.24) is 24.6 Å². The third-order valence-electron chi connectivity index (χ3n) is 7.59. The van der Waals surface area contributed by atoms with Gasteiger partial charge in [0.25, 0.3) is 0 Å². The number of aryl methyl sites for hydroxylation is 1. The molecule has 1 amide bonds. The van der Waals surface area contributed by atoms with E-state index in [1.165, 1.54) is 6.20 Å². The van der Waals surface area contributed by atoms with E-state index in [2.05, 4.69) is 28.8 Å². The van der Waals surface area contributed by atoms with Crippen molar-refractivity contribution in [1.29, 1.82) is 0 Å². The molecule has 1 aliphatic heterocycles. The number of pyridine rings is 1. The number of hydrogen-bond donors (Lipinski definition) is 0. The van der Waals surface area contributed by atoms with Crippen molar-refractivity contribution in [3.63, 3.8) is 0 Å². The predicted octanol–water partition coefficient (Wildman–Crippen LogP) is 4.31. The van der Waals surface area contributed by atoms with Crippen LogP contribution in [0.3, 0.4) is 0 Å². The molecule has 0 N–H and O–H groups in total. The number of carbonyl (C=O) groups is 1. The van der Waals surface area contributed by atoms with Gasteiger partial charge in [0.15, 0.2) is 0 Å². The van der Waals surface area contributed by atoms with Gasteiger partial charge in [-0.05, 0) is 63.8 Å². The highest BCUT2D eigenvalue weighted by atomic mass is 19.4. The molecule has 0 radical (unpaired) electrons. The standard InChI is InChI=1S/C26H37F3N6O/c1-3-11-35(20(2)8-13-34-12-4-9-31-34)23-6-5-21(18-23)25(36)33-16-14-32(15-17-33)24-19-22(7-10-30-24)26(27,28)29/h4,7,9-10,12,19-21,23H,3,5-6,8,11,13-18H2,1-2H3. The molecule has 198 valence electrons. The summed E-state index contributed by atoms with van der Waals surface area (Å²) in [6.45, 7) is 8.38. The minimum atomic E-state index is -4.39. The summed E-state index contributed by atoms with van der Waals surface area (Å²) in [4.78, 5) is 23.8. The minimum Gasteiger partial charge on any atom is -0.353 e. The van der Waals surface area contributed by atoms with E-state index in [1.54, 1.807) is 6.20 Å². The molecule has 2 fully saturated rings. The van der Waals surface area contributed by atoms with E-state index >= 15 is 0 Å². The van der Waals surface area contributed by atoms with Crippen LogP contribution in [0.2, 0.25) is 0 Å². The van der Waals surface area contributed by atoms with Gasteiger partial charge >= 0.3 is 6.18 Å². The number of carbonyl (C=O) groups excluding carboxylic acids is 1.